The van der Waals surface area contributed by atoms with Crippen LogP contribution in [0.5, 0.6) is 0 Å². The van der Waals surface area contributed by atoms with E-state index in [2.05, 4.69) is 12.2 Å². The van der Waals surface area contributed by atoms with Gasteiger partial charge in [0.25, 0.3) is 5.91 Å². The molecule has 1 unspecified atom stereocenters. The van der Waals surface area contributed by atoms with Crippen molar-refractivity contribution in [3.63, 3.8) is 0 Å². The first kappa shape index (κ1) is 15.0. The third kappa shape index (κ3) is 3.12. The van der Waals surface area contributed by atoms with Crippen molar-refractivity contribution in [3.05, 3.63) is 51.2 Å². The van der Waals surface area contributed by atoms with Crippen molar-refractivity contribution in [2.75, 3.05) is 5.32 Å². The summed E-state index contributed by atoms with van der Waals surface area (Å²) >= 11 is 1.60. The van der Waals surface area contributed by atoms with Gasteiger partial charge in [-0.1, -0.05) is 19.1 Å². The maximum absolute atomic E-state index is 12.4. The van der Waals surface area contributed by atoms with Gasteiger partial charge in [-0.25, -0.2) is 0 Å². The number of hydrogen-bond donors (Lipinski definition) is 1. The van der Waals surface area contributed by atoms with Gasteiger partial charge < -0.3 is 5.32 Å². The van der Waals surface area contributed by atoms with Crippen molar-refractivity contribution in [1.29, 1.82) is 0 Å². The van der Waals surface area contributed by atoms with E-state index in [0.29, 0.717) is 17.2 Å². The van der Waals surface area contributed by atoms with Crippen molar-refractivity contribution in [2.24, 2.45) is 5.92 Å². The highest BCUT2D eigenvalue weighted by molar-refractivity contribution is 7.14. The molecule has 3 rings (SSSR count). The first-order valence-electron chi connectivity index (χ1n) is 7.57. The number of carbonyl (C=O) groups excluding carboxylic acids is 2. The van der Waals surface area contributed by atoms with Gasteiger partial charge in [0.2, 0.25) is 0 Å². The molecule has 114 valence electrons. The Kier molecular flexibility index (Phi) is 4.12. The highest BCUT2D eigenvalue weighted by atomic mass is 32.1. The molecule has 1 aromatic carbocycles. The predicted octanol–water partition coefficient (Wildman–Crippen LogP) is 4.33. The number of amides is 1. The molecule has 0 fully saturated rings. The monoisotopic (exact) mass is 313 g/mol. The predicted molar refractivity (Wildman–Crippen MR) is 89.9 cm³/mol. The van der Waals surface area contributed by atoms with E-state index < -0.39 is 0 Å². The maximum atomic E-state index is 12.4. The zero-order chi connectivity index (χ0) is 15.7. The Bertz CT molecular complexity index is 732. The lowest BCUT2D eigenvalue weighted by Gasteiger charge is -2.16. The minimum absolute atomic E-state index is 0.00308. The Morgan fingerprint density at radius 2 is 2.09 bits per heavy atom. The average Bonchev–Trinajstić information content (AvgIpc) is 2.90. The topological polar surface area (TPSA) is 46.2 Å². The molecule has 0 radical (unpaired) electrons. The molecule has 0 bridgehead atoms. The van der Waals surface area contributed by atoms with Crippen molar-refractivity contribution < 1.29 is 9.59 Å². The Hall–Kier alpha value is -1.94. The molecule has 0 aliphatic heterocycles. The third-order valence-corrected chi connectivity index (χ3v) is 5.32. The van der Waals surface area contributed by atoms with E-state index in [4.69, 9.17) is 0 Å². The van der Waals surface area contributed by atoms with Crippen LogP contribution < -0.4 is 5.32 Å². The lowest BCUT2D eigenvalue weighted by Crippen LogP contribution is -2.10. The average molecular weight is 313 g/mol. The Balaban J connectivity index is 1.77. The molecule has 1 heterocycles. The lowest BCUT2D eigenvalue weighted by atomic mass is 9.90. The number of carbonyl (C=O) groups is 2. The van der Waals surface area contributed by atoms with Crippen LogP contribution in [-0.2, 0) is 12.8 Å². The standard InChI is InChI=1S/C18H19NO2S/c1-11-6-7-16-14(8-11)10-17(22-16)18(21)19-15-5-3-4-13(9-15)12(2)20/h3-5,9-11H,6-8H2,1-2H3,(H,19,21). The fourth-order valence-electron chi connectivity index (χ4n) is 2.83. The minimum atomic E-state index is -0.0900. The van der Waals surface area contributed by atoms with E-state index in [1.54, 1.807) is 35.6 Å². The summed E-state index contributed by atoms with van der Waals surface area (Å²) in [6.45, 7) is 3.78. The summed E-state index contributed by atoms with van der Waals surface area (Å²) in [5.74, 6) is 0.606. The molecule has 0 spiro atoms. The number of nitrogens with one attached hydrogen (secondary N) is 1. The van der Waals surface area contributed by atoms with Gasteiger partial charge in [-0.15, -0.1) is 11.3 Å². The number of fused-ring (bicyclic) bond motifs is 1. The number of benzene rings is 1. The highest BCUT2D eigenvalue weighted by Gasteiger charge is 2.20. The van der Waals surface area contributed by atoms with Crippen LogP contribution in [0.3, 0.4) is 0 Å². The summed E-state index contributed by atoms with van der Waals surface area (Å²) in [6, 6.07) is 9.09. The summed E-state index contributed by atoms with van der Waals surface area (Å²) in [7, 11) is 0. The largest absolute Gasteiger partial charge is 0.321 e. The van der Waals surface area contributed by atoms with Crippen LogP contribution in [0.25, 0.3) is 0 Å². The van der Waals surface area contributed by atoms with Crippen LogP contribution in [0, 0.1) is 5.92 Å². The molecular weight excluding hydrogens is 294 g/mol. The maximum Gasteiger partial charge on any atom is 0.265 e. The molecule has 1 aliphatic carbocycles. The molecule has 1 aromatic heterocycles. The van der Waals surface area contributed by atoms with Gasteiger partial charge in [-0.3, -0.25) is 9.59 Å². The molecular formula is C18H19NO2S. The van der Waals surface area contributed by atoms with E-state index in [0.717, 1.165) is 17.7 Å². The molecule has 4 heteroatoms. The van der Waals surface area contributed by atoms with Crippen molar-refractivity contribution in [3.8, 4) is 0 Å². The smallest absolute Gasteiger partial charge is 0.265 e. The van der Waals surface area contributed by atoms with Gasteiger partial charge in [0.1, 0.15) is 0 Å². The number of rotatable bonds is 3. The van der Waals surface area contributed by atoms with Gasteiger partial charge in [0.15, 0.2) is 5.78 Å². The molecule has 1 amide bonds. The first-order chi connectivity index (χ1) is 10.5. The quantitative estimate of drug-likeness (QED) is 0.857. The number of thiophene rings is 1. The summed E-state index contributed by atoms with van der Waals surface area (Å²) < 4.78 is 0. The molecule has 1 atom stereocenters. The second kappa shape index (κ2) is 6.05. The molecule has 0 saturated carbocycles. The van der Waals surface area contributed by atoms with E-state index in [1.807, 2.05) is 6.07 Å². The molecule has 0 saturated heterocycles. The van der Waals surface area contributed by atoms with Crippen molar-refractivity contribution in [1.82, 2.24) is 0 Å². The molecule has 3 nitrogen and oxygen atoms in total. The zero-order valence-electron chi connectivity index (χ0n) is 12.8. The number of hydrogen-bond acceptors (Lipinski definition) is 3. The summed E-state index contributed by atoms with van der Waals surface area (Å²) in [5, 5.41) is 2.89. The SMILES string of the molecule is CC(=O)c1cccc(NC(=O)c2cc3c(s2)CCC(C)C3)c1. The summed E-state index contributed by atoms with van der Waals surface area (Å²) in [4.78, 5) is 25.9. The second-order valence-electron chi connectivity index (χ2n) is 6.00. The van der Waals surface area contributed by atoms with Crippen molar-refractivity contribution >= 4 is 28.7 Å². The van der Waals surface area contributed by atoms with Crippen LogP contribution in [0.1, 0.15) is 50.7 Å². The van der Waals surface area contributed by atoms with Crippen LogP contribution >= 0.6 is 11.3 Å². The molecule has 22 heavy (non-hydrogen) atoms. The normalized spacial score (nSPS) is 16.9. The van der Waals surface area contributed by atoms with Gasteiger partial charge >= 0.3 is 0 Å². The minimum Gasteiger partial charge on any atom is -0.321 e. The van der Waals surface area contributed by atoms with E-state index in [-0.39, 0.29) is 11.7 Å². The zero-order valence-corrected chi connectivity index (χ0v) is 13.6. The van der Waals surface area contributed by atoms with Crippen LogP contribution in [0.2, 0.25) is 0 Å². The molecule has 2 aromatic rings. The number of anilines is 1. The van der Waals surface area contributed by atoms with Gasteiger partial charge in [-0.05, 0) is 55.9 Å². The summed E-state index contributed by atoms with van der Waals surface area (Å²) in [6.07, 6.45) is 3.35. The number of ketones is 1. The first-order valence-corrected chi connectivity index (χ1v) is 8.38. The van der Waals surface area contributed by atoms with E-state index in [1.165, 1.54) is 23.8 Å². The van der Waals surface area contributed by atoms with E-state index >= 15 is 0 Å². The fourth-order valence-corrected chi connectivity index (χ4v) is 3.93. The van der Waals surface area contributed by atoms with Crippen LogP contribution in [0.4, 0.5) is 5.69 Å². The Labute approximate surface area is 134 Å². The Morgan fingerprint density at radius 3 is 2.86 bits per heavy atom. The highest BCUT2D eigenvalue weighted by Crippen LogP contribution is 2.32. The second-order valence-corrected chi connectivity index (χ2v) is 7.13. The van der Waals surface area contributed by atoms with Gasteiger partial charge in [0, 0.05) is 16.1 Å². The van der Waals surface area contributed by atoms with Crippen LogP contribution in [-0.4, -0.2) is 11.7 Å². The lowest BCUT2D eigenvalue weighted by molar-refractivity contribution is 0.101. The summed E-state index contributed by atoms with van der Waals surface area (Å²) in [5.41, 5.74) is 2.60. The number of aryl methyl sites for hydroxylation is 1. The van der Waals surface area contributed by atoms with Gasteiger partial charge in [0.05, 0.1) is 4.88 Å². The fraction of sp³-hybridized carbons (Fsp3) is 0.333. The third-order valence-electron chi connectivity index (χ3n) is 4.08. The molecule has 1 aliphatic rings. The number of Topliss-reactive ketones (excluding diaryl/α,β-unsaturated/α-hetero) is 1. The van der Waals surface area contributed by atoms with E-state index in [9.17, 15) is 9.59 Å². The Morgan fingerprint density at radius 1 is 1.27 bits per heavy atom. The van der Waals surface area contributed by atoms with Crippen molar-refractivity contribution in [2.45, 2.75) is 33.1 Å². The molecule has 1 N–H and O–H groups in total. The van der Waals surface area contributed by atoms with Gasteiger partial charge in [-0.2, -0.15) is 0 Å². The van der Waals surface area contributed by atoms with Crippen LogP contribution in [0.15, 0.2) is 30.3 Å².